The Kier molecular flexibility index (Phi) is 6.55. The Labute approximate surface area is 102 Å². The highest BCUT2D eigenvalue weighted by Gasteiger charge is 2.18. The second-order valence-electron chi connectivity index (χ2n) is 3.95. The zero-order valence-electron chi connectivity index (χ0n) is 10.2. The Balaban J connectivity index is 2.09. The molecule has 17 heavy (non-hydrogen) atoms. The quantitative estimate of drug-likeness (QED) is 0.579. The van der Waals surface area contributed by atoms with Crippen LogP contribution in [0.5, 0.6) is 0 Å². The number of nitrogens with one attached hydrogen (secondary N) is 2. The van der Waals surface area contributed by atoms with Gasteiger partial charge in [-0.25, -0.2) is 0 Å². The average molecular weight is 240 g/mol. The Hall–Kier alpha value is -1.16. The minimum absolute atomic E-state index is 0.0596. The number of nitriles is 1. The van der Waals surface area contributed by atoms with Crippen molar-refractivity contribution in [3.05, 3.63) is 0 Å². The summed E-state index contributed by atoms with van der Waals surface area (Å²) in [5.41, 5.74) is 0. The van der Waals surface area contributed by atoms with Gasteiger partial charge in [-0.1, -0.05) is 6.92 Å². The summed E-state index contributed by atoms with van der Waals surface area (Å²) >= 11 is 0. The van der Waals surface area contributed by atoms with Crippen LogP contribution < -0.4 is 10.6 Å². The predicted octanol–water partition coefficient (Wildman–Crippen LogP) is -1.06. The molecule has 96 valence electrons. The molecule has 0 aromatic heterocycles. The molecule has 6 nitrogen and oxygen atoms in total. The van der Waals surface area contributed by atoms with Crippen molar-refractivity contribution in [1.29, 1.82) is 5.26 Å². The van der Waals surface area contributed by atoms with E-state index in [1.54, 1.807) is 0 Å². The summed E-state index contributed by atoms with van der Waals surface area (Å²) in [4.78, 5) is 13.5. The van der Waals surface area contributed by atoms with Crippen LogP contribution in [0.25, 0.3) is 0 Å². The number of amides is 1. The molecule has 1 rings (SSSR count). The SMILES string of the molecule is CCN1CCOC(CNCC(=O)NCC#N)C1. The number of likely N-dealkylation sites (N-methyl/N-ethyl adjacent to an activating group) is 1. The minimum atomic E-state index is -0.158. The first-order chi connectivity index (χ1) is 8.26. The van der Waals surface area contributed by atoms with Crippen LogP contribution in [0.3, 0.4) is 0 Å². The summed E-state index contributed by atoms with van der Waals surface area (Å²) in [5.74, 6) is -0.158. The minimum Gasteiger partial charge on any atom is -0.374 e. The van der Waals surface area contributed by atoms with E-state index in [4.69, 9.17) is 10.00 Å². The van der Waals surface area contributed by atoms with E-state index >= 15 is 0 Å². The molecule has 1 fully saturated rings. The fourth-order valence-corrected chi connectivity index (χ4v) is 1.74. The van der Waals surface area contributed by atoms with E-state index in [1.807, 2.05) is 6.07 Å². The summed E-state index contributed by atoms with van der Waals surface area (Å²) in [6, 6.07) is 1.86. The lowest BCUT2D eigenvalue weighted by atomic mass is 10.2. The molecule has 0 radical (unpaired) electrons. The van der Waals surface area contributed by atoms with Crippen molar-refractivity contribution in [2.75, 3.05) is 45.9 Å². The van der Waals surface area contributed by atoms with Crippen molar-refractivity contribution in [1.82, 2.24) is 15.5 Å². The van der Waals surface area contributed by atoms with Gasteiger partial charge in [0.2, 0.25) is 5.91 Å². The molecule has 0 aliphatic carbocycles. The van der Waals surface area contributed by atoms with Crippen LogP contribution in [-0.4, -0.2) is 62.8 Å². The third-order valence-electron chi connectivity index (χ3n) is 2.69. The number of hydrogen-bond acceptors (Lipinski definition) is 5. The molecule has 1 aliphatic rings. The molecule has 0 saturated carbocycles. The number of carbonyl (C=O) groups excluding carboxylic acids is 1. The van der Waals surface area contributed by atoms with Gasteiger partial charge in [-0.05, 0) is 6.54 Å². The summed E-state index contributed by atoms with van der Waals surface area (Å²) in [6.45, 7) is 6.75. The molecular weight excluding hydrogens is 220 g/mol. The monoisotopic (exact) mass is 240 g/mol. The van der Waals surface area contributed by atoms with Crippen LogP contribution in [0, 0.1) is 11.3 Å². The third-order valence-corrected chi connectivity index (χ3v) is 2.69. The molecule has 2 N–H and O–H groups in total. The van der Waals surface area contributed by atoms with Gasteiger partial charge in [-0.2, -0.15) is 5.26 Å². The maximum atomic E-state index is 11.2. The number of morpholine rings is 1. The first kappa shape index (κ1) is 13.9. The normalized spacial score (nSPS) is 20.8. The molecule has 1 amide bonds. The van der Waals surface area contributed by atoms with Gasteiger partial charge in [0.25, 0.3) is 0 Å². The van der Waals surface area contributed by atoms with E-state index in [-0.39, 0.29) is 25.1 Å². The molecule has 1 heterocycles. The van der Waals surface area contributed by atoms with Crippen LogP contribution in [0.15, 0.2) is 0 Å². The highest BCUT2D eigenvalue weighted by Crippen LogP contribution is 2.03. The molecule has 1 unspecified atom stereocenters. The lowest BCUT2D eigenvalue weighted by molar-refractivity contribution is -0.120. The number of carbonyl (C=O) groups is 1. The molecule has 0 aromatic rings. The number of hydrogen-bond donors (Lipinski definition) is 2. The smallest absolute Gasteiger partial charge is 0.234 e. The standard InChI is InChI=1S/C11H20N4O2/c1-2-15-5-6-17-10(9-15)7-13-8-11(16)14-4-3-12/h10,13H,2,4-9H2,1H3,(H,14,16). The van der Waals surface area contributed by atoms with Crippen molar-refractivity contribution >= 4 is 5.91 Å². The van der Waals surface area contributed by atoms with Crippen LogP contribution in [0.2, 0.25) is 0 Å². The first-order valence-electron chi connectivity index (χ1n) is 5.94. The lowest BCUT2D eigenvalue weighted by Gasteiger charge is -2.32. The largest absolute Gasteiger partial charge is 0.374 e. The van der Waals surface area contributed by atoms with E-state index in [1.165, 1.54) is 0 Å². The summed E-state index contributed by atoms with van der Waals surface area (Å²) in [7, 11) is 0. The average Bonchev–Trinajstić information content (AvgIpc) is 2.36. The maximum Gasteiger partial charge on any atom is 0.234 e. The van der Waals surface area contributed by atoms with Crippen LogP contribution in [0.4, 0.5) is 0 Å². The number of ether oxygens (including phenoxy) is 1. The van der Waals surface area contributed by atoms with Crippen molar-refractivity contribution in [2.24, 2.45) is 0 Å². The second-order valence-corrected chi connectivity index (χ2v) is 3.95. The van der Waals surface area contributed by atoms with E-state index in [0.29, 0.717) is 6.54 Å². The van der Waals surface area contributed by atoms with Crippen LogP contribution in [-0.2, 0) is 9.53 Å². The van der Waals surface area contributed by atoms with E-state index < -0.39 is 0 Å². The zero-order chi connectivity index (χ0) is 12.5. The molecule has 1 aliphatic heterocycles. The maximum absolute atomic E-state index is 11.2. The van der Waals surface area contributed by atoms with Crippen molar-refractivity contribution in [2.45, 2.75) is 13.0 Å². The first-order valence-corrected chi connectivity index (χ1v) is 5.94. The molecular formula is C11H20N4O2. The van der Waals surface area contributed by atoms with Gasteiger partial charge in [-0.3, -0.25) is 9.69 Å². The fraction of sp³-hybridized carbons (Fsp3) is 0.818. The van der Waals surface area contributed by atoms with Gasteiger partial charge >= 0.3 is 0 Å². The summed E-state index contributed by atoms with van der Waals surface area (Å²) in [5, 5.41) is 13.8. The van der Waals surface area contributed by atoms with E-state index in [9.17, 15) is 4.79 Å². The van der Waals surface area contributed by atoms with Gasteiger partial charge < -0.3 is 15.4 Å². The zero-order valence-corrected chi connectivity index (χ0v) is 10.2. The van der Waals surface area contributed by atoms with Crippen LogP contribution in [0.1, 0.15) is 6.92 Å². The number of nitrogens with zero attached hydrogens (tertiary/aromatic N) is 2. The highest BCUT2D eigenvalue weighted by molar-refractivity contribution is 5.78. The van der Waals surface area contributed by atoms with Crippen molar-refractivity contribution in [3.8, 4) is 6.07 Å². The van der Waals surface area contributed by atoms with Crippen LogP contribution >= 0.6 is 0 Å². The van der Waals surface area contributed by atoms with E-state index in [0.717, 1.165) is 26.2 Å². The Morgan fingerprint density at radius 2 is 2.47 bits per heavy atom. The highest BCUT2D eigenvalue weighted by atomic mass is 16.5. The fourth-order valence-electron chi connectivity index (χ4n) is 1.74. The Morgan fingerprint density at radius 3 is 3.18 bits per heavy atom. The summed E-state index contributed by atoms with van der Waals surface area (Å²) < 4.78 is 5.58. The number of rotatable bonds is 6. The Morgan fingerprint density at radius 1 is 1.65 bits per heavy atom. The molecule has 1 atom stereocenters. The van der Waals surface area contributed by atoms with E-state index in [2.05, 4.69) is 22.5 Å². The lowest BCUT2D eigenvalue weighted by Crippen LogP contribution is -2.47. The van der Waals surface area contributed by atoms with Gasteiger partial charge in [0, 0.05) is 19.6 Å². The third kappa shape index (κ3) is 5.63. The molecule has 0 aromatic carbocycles. The van der Waals surface area contributed by atoms with Gasteiger partial charge in [0.15, 0.2) is 0 Å². The molecule has 0 bridgehead atoms. The van der Waals surface area contributed by atoms with Crippen molar-refractivity contribution < 1.29 is 9.53 Å². The van der Waals surface area contributed by atoms with Crippen molar-refractivity contribution in [3.63, 3.8) is 0 Å². The molecule has 1 saturated heterocycles. The van der Waals surface area contributed by atoms with Gasteiger partial charge in [0.1, 0.15) is 6.54 Å². The molecule has 0 spiro atoms. The predicted molar refractivity (Wildman–Crippen MR) is 63.3 cm³/mol. The topological polar surface area (TPSA) is 77.4 Å². The van der Waals surface area contributed by atoms with Gasteiger partial charge in [-0.15, -0.1) is 0 Å². The van der Waals surface area contributed by atoms with Gasteiger partial charge in [0.05, 0.1) is 25.3 Å². The summed E-state index contributed by atoms with van der Waals surface area (Å²) in [6.07, 6.45) is 0.146. The second kappa shape index (κ2) is 8.01. The molecule has 6 heteroatoms. The Bertz CT molecular complexity index is 277.